The minimum atomic E-state index is -0.0459. The van der Waals surface area contributed by atoms with Crippen LogP contribution in [0.25, 0.3) is 11.1 Å². The van der Waals surface area contributed by atoms with Gasteiger partial charge in [0, 0.05) is 18.7 Å². The Morgan fingerprint density at radius 2 is 2.00 bits per heavy atom. The average Bonchev–Trinajstić information content (AvgIpc) is 2.31. The number of fused-ring (bicyclic) bond motifs is 3. The Morgan fingerprint density at radius 1 is 1.19 bits per heavy atom. The van der Waals surface area contributed by atoms with Crippen LogP contribution >= 0.6 is 0 Å². The molecule has 0 atom stereocenters. The number of hydrogen-bond acceptors (Lipinski definition) is 2. The van der Waals surface area contributed by atoms with Crippen LogP contribution in [0.2, 0.25) is 0 Å². The maximum absolute atomic E-state index is 11.6. The number of hydrogen-bond donors (Lipinski definition) is 0. The van der Waals surface area contributed by atoms with Crippen LogP contribution in [0, 0.1) is 0 Å². The highest BCUT2D eigenvalue weighted by Crippen LogP contribution is 2.30. The highest BCUT2D eigenvalue weighted by Gasteiger charge is 2.17. The summed E-state index contributed by atoms with van der Waals surface area (Å²) < 4.78 is 1.41. The largest absolute Gasteiger partial charge is 0.268 e. The highest BCUT2D eigenvalue weighted by molar-refractivity contribution is 5.71. The van der Waals surface area contributed by atoms with Gasteiger partial charge in [0.15, 0.2) is 0 Å². The van der Waals surface area contributed by atoms with Gasteiger partial charge in [0.05, 0.1) is 5.69 Å². The zero-order valence-corrected chi connectivity index (χ0v) is 9.10. The van der Waals surface area contributed by atoms with Gasteiger partial charge in [0.1, 0.15) is 0 Å². The van der Waals surface area contributed by atoms with Crippen molar-refractivity contribution in [3.8, 4) is 11.1 Å². The molecule has 0 fully saturated rings. The average molecular weight is 212 g/mol. The minimum Gasteiger partial charge on any atom is -0.268 e. The van der Waals surface area contributed by atoms with Gasteiger partial charge in [0.2, 0.25) is 0 Å². The molecule has 0 bridgehead atoms. The van der Waals surface area contributed by atoms with E-state index in [1.54, 1.807) is 13.1 Å². The highest BCUT2D eigenvalue weighted by atomic mass is 16.1. The van der Waals surface area contributed by atoms with Crippen LogP contribution in [-0.4, -0.2) is 9.78 Å². The third kappa shape index (κ3) is 1.28. The second kappa shape index (κ2) is 3.30. The van der Waals surface area contributed by atoms with Gasteiger partial charge in [-0.15, -0.1) is 0 Å². The van der Waals surface area contributed by atoms with Crippen LogP contribution < -0.4 is 5.56 Å². The Bertz CT molecular complexity index is 614. The molecule has 1 aromatic carbocycles. The molecule has 1 heterocycles. The van der Waals surface area contributed by atoms with Crippen molar-refractivity contribution in [1.29, 1.82) is 0 Å². The smallest absolute Gasteiger partial charge is 0.267 e. The van der Waals surface area contributed by atoms with Crippen LogP contribution in [0.4, 0.5) is 0 Å². The van der Waals surface area contributed by atoms with Crippen molar-refractivity contribution in [2.24, 2.45) is 7.05 Å². The van der Waals surface area contributed by atoms with E-state index in [0.29, 0.717) is 0 Å². The Kier molecular flexibility index (Phi) is 1.93. The Labute approximate surface area is 93.4 Å². The summed E-state index contributed by atoms with van der Waals surface area (Å²) in [6, 6.07) is 9.92. The standard InChI is InChI=1S/C13H12N2O/c1-15-13(16)8-11-10-5-3-2-4-9(10)6-7-12(11)14-15/h2-5,8H,6-7H2,1H3. The molecule has 3 heteroatoms. The molecular weight excluding hydrogens is 200 g/mol. The van der Waals surface area contributed by atoms with Crippen LogP contribution in [0.3, 0.4) is 0 Å². The van der Waals surface area contributed by atoms with Gasteiger partial charge in [0.25, 0.3) is 5.56 Å². The van der Waals surface area contributed by atoms with Gasteiger partial charge in [-0.3, -0.25) is 4.79 Å². The molecule has 0 unspecified atom stereocenters. The molecule has 0 amide bonds. The van der Waals surface area contributed by atoms with Gasteiger partial charge in [-0.2, -0.15) is 5.10 Å². The topological polar surface area (TPSA) is 34.9 Å². The number of nitrogens with zero attached hydrogens (tertiary/aromatic N) is 2. The molecule has 3 rings (SSSR count). The lowest BCUT2D eigenvalue weighted by molar-refractivity contribution is 0.671. The summed E-state index contributed by atoms with van der Waals surface area (Å²) in [5, 5.41) is 4.32. The van der Waals surface area contributed by atoms with Gasteiger partial charge in [-0.1, -0.05) is 24.3 Å². The van der Waals surface area contributed by atoms with Crippen molar-refractivity contribution in [2.45, 2.75) is 12.8 Å². The minimum absolute atomic E-state index is 0.0459. The summed E-state index contributed by atoms with van der Waals surface area (Å²) in [5.74, 6) is 0. The Morgan fingerprint density at radius 3 is 2.88 bits per heavy atom. The Balaban J connectivity index is 2.32. The van der Waals surface area contributed by atoms with Crippen molar-refractivity contribution in [3.05, 3.63) is 51.9 Å². The van der Waals surface area contributed by atoms with Gasteiger partial charge in [-0.05, 0) is 24.0 Å². The molecule has 1 aromatic heterocycles. The van der Waals surface area contributed by atoms with E-state index in [1.807, 2.05) is 12.1 Å². The van der Waals surface area contributed by atoms with E-state index in [4.69, 9.17) is 0 Å². The summed E-state index contributed by atoms with van der Waals surface area (Å²) in [4.78, 5) is 11.6. The van der Waals surface area contributed by atoms with E-state index in [-0.39, 0.29) is 5.56 Å². The third-order valence-corrected chi connectivity index (χ3v) is 3.11. The molecular formula is C13H12N2O. The van der Waals surface area contributed by atoms with Gasteiger partial charge >= 0.3 is 0 Å². The van der Waals surface area contributed by atoms with Crippen LogP contribution in [0.15, 0.2) is 35.1 Å². The zero-order valence-electron chi connectivity index (χ0n) is 9.10. The van der Waals surface area contributed by atoms with Crippen molar-refractivity contribution in [3.63, 3.8) is 0 Å². The molecule has 80 valence electrons. The normalized spacial score (nSPS) is 13.1. The quantitative estimate of drug-likeness (QED) is 0.664. The maximum atomic E-state index is 11.6. The second-order valence-corrected chi connectivity index (χ2v) is 4.12. The Hall–Kier alpha value is -1.90. The van der Waals surface area contributed by atoms with E-state index in [1.165, 1.54) is 10.2 Å². The van der Waals surface area contributed by atoms with Crippen molar-refractivity contribution < 1.29 is 0 Å². The van der Waals surface area contributed by atoms with Gasteiger partial charge < -0.3 is 0 Å². The SMILES string of the molecule is Cn1nc2c(cc1=O)-c1ccccc1CC2. The molecule has 0 spiro atoms. The molecule has 0 N–H and O–H groups in total. The molecule has 0 radical (unpaired) electrons. The molecule has 0 aliphatic heterocycles. The molecule has 16 heavy (non-hydrogen) atoms. The predicted octanol–water partition coefficient (Wildman–Crippen LogP) is 1.55. The fourth-order valence-corrected chi connectivity index (χ4v) is 2.26. The lowest BCUT2D eigenvalue weighted by atomic mass is 9.89. The summed E-state index contributed by atoms with van der Waals surface area (Å²) in [7, 11) is 1.70. The van der Waals surface area contributed by atoms with Crippen LogP contribution in [0.5, 0.6) is 0 Å². The van der Waals surface area contributed by atoms with Crippen molar-refractivity contribution in [1.82, 2.24) is 9.78 Å². The molecule has 3 nitrogen and oxygen atoms in total. The molecule has 1 aliphatic carbocycles. The van der Waals surface area contributed by atoms with Crippen molar-refractivity contribution >= 4 is 0 Å². The summed E-state index contributed by atoms with van der Waals surface area (Å²) >= 11 is 0. The molecule has 2 aromatic rings. The van der Waals surface area contributed by atoms with Crippen LogP contribution in [0.1, 0.15) is 11.3 Å². The molecule has 0 saturated heterocycles. The maximum Gasteiger partial charge on any atom is 0.267 e. The van der Waals surface area contributed by atoms with E-state index in [9.17, 15) is 4.79 Å². The zero-order chi connectivity index (χ0) is 11.1. The summed E-state index contributed by atoms with van der Waals surface area (Å²) in [6.07, 6.45) is 1.93. The first-order valence-corrected chi connectivity index (χ1v) is 5.41. The number of aromatic nitrogens is 2. The van der Waals surface area contributed by atoms with Crippen LogP contribution in [-0.2, 0) is 19.9 Å². The van der Waals surface area contributed by atoms with E-state index in [0.717, 1.165) is 29.7 Å². The third-order valence-electron chi connectivity index (χ3n) is 3.11. The molecule has 0 saturated carbocycles. The summed E-state index contributed by atoms with van der Waals surface area (Å²) in [5.41, 5.74) is 4.46. The van der Waals surface area contributed by atoms with Crippen molar-refractivity contribution in [2.75, 3.05) is 0 Å². The first-order chi connectivity index (χ1) is 7.75. The molecule has 1 aliphatic rings. The predicted molar refractivity (Wildman–Crippen MR) is 62.3 cm³/mol. The number of benzene rings is 1. The number of aryl methyl sites for hydroxylation is 3. The number of rotatable bonds is 0. The first kappa shape index (κ1) is 9.33. The van der Waals surface area contributed by atoms with E-state index >= 15 is 0 Å². The summed E-state index contributed by atoms with van der Waals surface area (Å²) in [6.45, 7) is 0. The fourth-order valence-electron chi connectivity index (χ4n) is 2.26. The lowest BCUT2D eigenvalue weighted by Gasteiger charge is -2.18. The lowest BCUT2D eigenvalue weighted by Crippen LogP contribution is -2.22. The first-order valence-electron chi connectivity index (χ1n) is 5.41. The van der Waals surface area contributed by atoms with Gasteiger partial charge in [-0.25, -0.2) is 4.68 Å². The monoisotopic (exact) mass is 212 g/mol. The van der Waals surface area contributed by atoms with E-state index < -0.39 is 0 Å². The fraction of sp³-hybridized carbons (Fsp3) is 0.231. The van der Waals surface area contributed by atoms with E-state index in [2.05, 4.69) is 17.2 Å². The second-order valence-electron chi connectivity index (χ2n) is 4.12.